The number of nitrogens with one attached hydrogen (secondary N) is 2. The van der Waals surface area contributed by atoms with Crippen LogP contribution >= 0.6 is 0 Å². The van der Waals surface area contributed by atoms with Crippen molar-refractivity contribution in [1.82, 2.24) is 35.1 Å². The SMILES string of the molecule is CC(C)(C)C1CCC2(CCC(=O)N2)CC1.CC(C)(C)C1CCN(CC(=O)c2ccccc2)CC1.CC(C)C1CCC(C(C)(C)O)CC1.CC(C)C1CCN(Cc2cccc(C#N)c2)CC1.CC(C)C1CCN(Cc2ccccc2)CC1C.CC(C)NC(=O)C1CCC(C(C)C)CC1.CC1CCC(C(=O)N2CCOCC2)CC1.C[C@@H]1CCCN(C(=O)C2CC2)C1. The van der Waals surface area contributed by atoms with Gasteiger partial charge < -0.3 is 30.3 Å². The highest BCUT2D eigenvalue weighted by Crippen LogP contribution is 2.45. The second-order valence-corrected chi connectivity index (χ2v) is 45.0. The summed E-state index contributed by atoms with van der Waals surface area (Å²) in [7, 11) is 0. The van der Waals surface area contributed by atoms with Crippen LogP contribution in [0.2, 0.25) is 0 Å². The maximum atomic E-state index is 12.1. The van der Waals surface area contributed by atoms with Crippen molar-refractivity contribution in [1.29, 1.82) is 5.26 Å². The van der Waals surface area contributed by atoms with E-state index in [4.69, 9.17) is 10.00 Å². The number of nitrogens with zero attached hydrogens (tertiary/aromatic N) is 6. The van der Waals surface area contributed by atoms with Gasteiger partial charge in [0.25, 0.3) is 0 Å². The fourth-order valence-electron chi connectivity index (χ4n) is 21.5. The van der Waals surface area contributed by atoms with Crippen LogP contribution in [0.15, 0.2) is 84.9 Å². The van der Waals surface area contributed by atoms with Gasteiger partial charge in [0.05, 0.1) is 37.0 Å². The standard InChI is InChI=1S/C17H25NO.C16H22N2.C16H25N.C13H23NO.C13H25NO.C12H21NO2.C12H24O.C10H17NO/c1-17(2,3)15-9-11-18(12-10-15)13-16(19)14-7-5-4-6-8-14;1-13(2)16-6-8-18(9-7-16)12-15-5-3-4-14(10-15)11-17;1-13(2)16-9-10-17(11-14(16)3)12-15-7-5-4-6-8-15;1-12(2,3)10-4-7-13(8-5-10)9-6-11(15)14-13;1-9(2)11-5-7-12(8-6-11)13(15)14-10(3)4;1-10-2-4-11(5-3-10)12(14)13-6-8-15-9-7-13;1-9(2)10-5-7-11(8-6-10)12(3,4)13;1-8-3-2-6-11(7-8)10(12)9-4-5-9/h4-8,15H,9-13H2,1-3H3;3-5,10,13,16H,6-9,12H2,1-2H3;4-8,13-14,16H,9-12H2,1-3H3;10H,4-9H2,1-3H3,(H,14,15);9-12H,5-8H2,1-4H3,(H,14,15);10-11H,2-9H2,1H3;9-11,13H,5-8H2,1-4H3;8-9H,2-7H2,1H3/t;;;;;;;8-/m.......1/s1. The van der Waals surface area contributed by atoms with Crippen LogP contribution < -0.4 is 10.6 Å². The highest BCUT2D eigenvalue weighted by molar-refractivity contribution is 5.97. The average molecular weight is 1720 g/mol. The molecule has 6 aliphatic heterocycles. The third-order valence-electron chi connectivity index (χ3n) is 30.7. The first-order valence-corrected chi connectivity index (χ1v) is 50.5. The lowest BCUT2D eigenvalue weighted by Gasteiger charge is -2.42. The van der Waals surface area contributed by atoms with E-state index in [-0.39, 0.29) is 35.1 Å². The molecular weight excluding hydrogens is 1530 g/mol. The Morgan fingerprint density at radius 3 is 1.46 bits per heavy atom. The number of morpholine rings is 1. The van der Waals surface area contributed by atoms with Gasteiger partial charge in [-0.3, -0.25) is 38.7 Å². The first-order chi connectivity index (χ1) is 58.7. The maximum absolute atomic E-state index is 12.1. The molecule has 2 unspecified atom stereocenters. The van der Waals surface area contributed by atoms with Gasteiger partial charge in [-0.25, -0.2) is 0 Å². The van der Waals surface area contributed by atoms with E-state index in [1.54, 1.807) is 0 Å². The lowest BCUT2D eigenvalue weighted by molar-refractivity contribution is -0.141. The number of carbonyl (C=O) groups excluding carboxylic acids is 5. The van der Waals surface area contributed by atoms with E-state index in [0.717, 1.165) is 205 Å². The van der Waals surface area contributed by atoms with Crippen molar-refractivity contribution in [2.24, 2.45) is 111 Å². The summed E-state index contributed by atoms with van der Waals surface area (Å²) < 4.78 is 5.26. The molecule has 3 aromatic rings. The number of hydrogen-bond acceptors (Lipinski definition) is 11. The summed E-state index contributed by atoms with van der Waals surface area (Å²) in [5.74, 6) is 13.9. The molecule has 11 aliphatic rings. The molecule has 1 spiro atoms. The lowest BCUT2D eigenvalue weighted by atomic mass is 9.67. The molecule has 6 saturated heterocycles. The summed E-state index contributed by atoms with van der Waals surface area (Å²) in [6, 6.07) is 30.9. The molecule has 4 amide bonds. The second kappa shape index (κ2) is 52.4. The van der Waals surface area contributed by atoms with E-state index in [1.165, 1.54) is 159 Å². The zero-order valence-corrected chi connectivity index (χ0v) is 82.8. The number of piperidine rings is 4. The molecule has 5 saturated carbocycles. The molecule has 3 aromatic carbocycles. The zero-order valence-electron chi connectivity index (χ0n) is 82.8. The van der Waals surface area contributed by atoms with Crippen LogP contribution in [-0.4, -0.2) is 161 Å². The molecule has 6 heterocycles. The Labute approximate surface area is 758 Å². The van der Waals surface area contributed by atoms with Crippen molar-refractivity contribution in [3.05, 3.63) is 107 Å². The number of hydrogen-bond donors (Lipinski definition) is 3. The minimum Gasteiger partial charge on any atom is -0.390 e. The van der Waals surface area contributed by atoms with Gasteiger partial charge >= 0.3 is 0 Å². The molecule has 3 atom stereocenters. The minimum atomic E-state index is -0.456. The minimum absolute atomic E-state index is 0.193. The fourth-order valence-corrected chi connectivity index (χ4v) is 21.5. The van der Waals surface area contributed by atoms with Crippen LogP contribution in [0.4, 0.5) is 0 Å². The van der Waals surface area contributed by atoms with Gasteiger partial charge in [0.15, 0.2) is 5.78 Å². The molecule has 15 heteroatoms. The van der Waals surface area contributed by atoms with Gasteiger partial charge in [-0.05, 0) is 344 Å². The van der Waals surface area contributed by atoms with E-state index in [2.05, 4.69) is 190 Å². The van der Waals surface area contributed by atoms with E-state index >= 15 is 0 Å². The molecular formula is C109H182N8O7. The van der Waals surface area contributed by atoms with Gasteiger partial charge in [0.1, 0.15) is 0 Å². The Bertz CT molecular complexity index is 3550. The molecule has 700 valence electrons. The Kier molecular flexibility index (Phi) is 44.6. The summed E-state index contributed by atoms with van der Waals surface area (Å²) in [6.07, 6.45) is 32.3. The van der Waals surface area contributed by atoms with Gasteiger partial charge in [-0.2, -0.15) is 5.26 Å². The summed E-state index contributed by atoms with van der Waals surface area (Å²) in [5, 5.41) is 25.0. The summed E-state index contributed by atoms with van der Waals surface area (Å²) in [4.78, 5) is 70.5. The van der Waals surface area contributed by atoms with E-state index in [9.17, 15) is 29.1 Å². The van der Waals surface area contributed by atoms with Crippen LogP contribution in [0.5, 0.6) is 0 Å². The van der Waals surface area contributed by atoms with Crippen LogP contribution in [0.1, 0.15) is 346 Å². The summed E-state index contributed by atoms with van der Waals surface area (Å²) in [5.41, 5.74) is 4.88. The number of carbonyl (C=O) groups is 5. The van der Waals surface area contributed by atoms with Gasteiger partial charge in [-0.1, -0.05) is 190 Å². The normalized spacial score (nSPS) is 26.9. The summed E-state index contributed by atoms with van der Waals surface area (Å²) in [6.45, 7) is 62.2. The molecule has 11 fully saturated rings. The first-order valence-electron chi connectivity index (χ1n) is 50.5. The second-order valence-electron chi connectivity index (χ2n) is 45.0. The Hall–Kier alpha value is -5.50. The molecule has 5 aliphatic carbocycles. The molecule has 0 aromatic heterocycles. The van der Waals surface area contributed by atoms with E-state index in [0.29, 0.717) is 46.9 Å². The number of ether oxygens (including phenoxy) is 1. The Morgan fingerprint density at radius 1 is 0.492 bits per heavy atom. The van der Waals surface area contributed by atoms with Crippen molar-refractivity contribution >= 4 is 29.4 Å². The maximum Gasteiger partial charge on any atom is 0.225 e. The molecule has 0 radical (unpaired) electrons. The molecule has 124 heavy (non-hydrogen) atoms. The zero-order chi connectivity index (χ0) is 90.9. The number of nitriles is 1. The Morgan fingerprint density at radius 2 is 0.976 bits per heavy atom. The van der Waals surface area contributed by atoms with Crippen molar-refractivity contribution in [3.63, 3.8) is 0 Å². The van der Waals surface area contributed by atoms with Gasteiger partial charge in [0, 0.05) is 87.1 Å². The molecule has 3 N–H and O–H groups in total. The van der Waals surface area contributed by atoms with Gasteiger partial charge in [0.2, 0.25) is 23.6 Å². The van der Waals surface area contributed by atoms with Crippen molar-refractivity contribution in [3.8, 4) is 6.07 Å². The number of Topliss-reactive ketones (excluding diaryl/α,β-unsaturated/α-hetero) is 1. The highest BCUT2D eigenvalue weighted by atomic mass is 16.5. The molecule has 0 bridgehead atoms. The number of benzene rings is 3. The van der Waals surface area contributed by atoms with Crippen molar-refractivity contribution < 1.29 is 33.8 Å². The van der Waals surface area contributed by atoms with E-state index < -0.39 is 5.60 Å². The highest BCUT2D eigenvalue weighted by Gasteiger charge is 2.44. The predicted molar refractivity (Wildman–Crippen MR) is 515 cm³/mol. The largest absolute Gasteiger partial charge is 0.390 e. The number of likely N-dealkylation sites (tertiary alicyclic amines) is 4. The third kappa shape index (κ3) is 37.5. The average Bonchev–Trinajstić information content (AvgIpc) is 1.57. The Balaban J connectivity index is 0.000000195. The number of amides is 4. The molecule has 14 rings (SSSR count). The quantitative estimate of drug-likeness (QED) is 0.116. The number of rotatable bonds is 16. The van der Waals surface area contributed by atoms with Crippen molar-refractivity contribution in [2.75, 3.05) is 85.2 Å². The topological polar surface area (TPSA) is 179 Å². The smallest absolute Gasteiger partial charge is 0.225 e. The monoisotopic (exact) mass is 1720 g/mol. The first kappa shape index (κ1) is 106. The lowest BCUT2D eigenvalue weighted by Crippen LogP contribution is -2.45. The third-order valence-corrected chi connectivity index (χ3v) is 30.7. The fraction of sp³-hybridized carbons (Fsp3) is 0.780. The number of ketones is 1. The van der Waals surface area contributed by atoms with Crippen LogP contribution in [0.25, 0.3) is 0 Å². The van der Waals surface area contributed by atoms with Gasteiger partial charge in [-0.15, -0.1) is 0 Å². The van der Waals surface area contributed by atoms with Crippen LogP contribution in [-0.2, 0) is 37.0 Å². The predicted octanol–water partition coefficient (Wildman–Crippen LogP) is 23.2. The van der Waals surface area contributed by atoms with Crippen molar-refractivity contribution in [2.45, 2.75) is 349 Å². The molecule has 15 nitrogen and oxygen atoms in total. The number of aliphatic hydroxyl groups is 1. The van der Waals surface area contributed by atoms with Crippen LogP contribution in [0, 0.1) is 123 Å². The van der Waals surface area contributed by atoms with E-state index in [1.807, 2.05) is 81.1 Å². The summed E-state index contributed by atoms with van der Waals surface area (Å²) >= 11 is 0. The van der Waals surface area contributed by atoms with Crippen LogP contribution in [0.3, 0.4) is 0 Å².